The van der Waals surface area contributed by atoms with Crippen LogP contribution in [-0.4, -0.2) is 51.4 Å². The topological polar surface area (TPSA) is 102 Å². The van der Waals surface area contributed by atoms with Crippen molar-refractivity contribution in [3.05, 3.63) is 60.2 Å². The highest BCUT2D eigenvalue weighted by molar-refractivity contribution is 7.88. The highest BCUT2D eigenvalue weighted by Gasteiger charge is 2.31. The Morgan fingerprint density at radius 3 is 2.29 bits per heavy atom. The zero-order valence-corrected chi connectivity index (χ0v) is 18.1. The normalized spacial score (nSPS) is 15.3. The van der Waals surface area contributed by atoms with E-state index < -0.39 is 16.0 Å². The van der Waals surface area contributed by atoms with E-state index in [1.807, 2.05) is 18.2 Å². The number of anilines is 1. The molecule has 1 amide bonds. The van der Waals surface area contributed by atoms with Crippen LogP contribution in [0.5, 0.6) is 5.75 Å². The third-order valence-electron chi connectivity index (χ3n) is 5.12. The largest absolute Gasteiger partial charge is 0.482 e. The first kappa shape index (κ1) is 22.8. The fourth-order valence-corrected chi connectivity index (χ4v) is 4.92. The van der Waals surface area contributed by atoms with Gasteiger partial charge >= 0.3 is 5.97 Å². The van der Waals surface area contributed by atoms with Gasteiger partial charge in [0.25, 0.3) is 0 Å². The van der Waals surface area contributed by atoms with E-state index in [1.54, 1.807) is 36.4 Å². The molecule has 2 aromatic rings. The molecule has 0 atom stereocenters. The maximum absolute atomic E-state index is 12.7. The predicted octanol–water partition coefficient (Wildman–Crippen LogP) is 2.42. The molecule has 9 heteroatoms. The van der Waals surface area contributed by atoms with E-state index in [2.05, 4.69) is 10.1 Å². The number of benzene rings is 2. The number of nitrogens with one attached hydrogen (secondary N) is 1. The molecule has 1 aliphatic heterocycles. The maximum atomic E-state index is 12.7. The number of carbonyl (C=O) groups excluding carboxylic acids is 2. The Morgan fingerprint density at radius 1 is 1.03 bits per heavy atom. The van der Waals surface area contributed by atoms with E-state index in [9.17, 15) is 18.0 Å². The average Bonchev–Trinajstić information content (AvgIpc) is 2.79. The minimum Gasteiger partial charge on any atom is -0.482 e. The summed E-state index contributed by atoms with van der Waals surface area (Å²) in [6.45, 7) is 0.467. The van der Waals surface area contributed by atoms with Crippen LogP contribution in [0.4, 0.5) is 5.69 Å². The van der Waals surface area contributed by atoms with Crippen molar-refractivity contribution in [2.45, 2.75) is 18.6 Å². The molecule has 8 nitrogen and oxygen atoms in total. The molecule has 0 aliphatic carbocycles. The third-order valence-corrected chi connectivity index (χ3v) is 6.97. The zero-order valence-electron chi connectivity index (χ0n) is 17.3. The molecule has 2 aromatic carbocycles. The number of amides is 1. The summed E-state index contributed by atoms with van der Waals surface area (Å²) in [4.78, 5) is 23.7. The number of hydrogen-bond acceptors (Lipinski definition) is 6. The maximum Gasteiger partial charge on any atom is 0.343 e. The van der Waals surface area contributed by atoms with Crippen molar-refractivity contribution >= 4 is 27.6 Å². The second-order valence-corrected chi connectivity index (χ2v) is 9.26. The first-order valence-electron chi connectivity index (χ1n) is 9.99. The van der Waals surface area contributed by atoms with Crippen LogP contribution in [0.25, 0.3) is 0 Å². The molecule has 1 aliphatic rings. The Hall–Kier alpha value is -2.91. The minimum atomic E-state index is -3.41. The summed E-state index contributed by atoms with van der Waals surface area (Å²) in [5, 5.41) is 2.85. The monoisotopic (exact) mass is 446 g/mol. The number of hydrogen-bond donors (Lipinski definition) is 1. The van der Waals surface area contributed by atoms with Crippen LogP contribution in [0, 0.1) is 5.92 Å². The lowest BCUT2D eigenvalue weighted by Crippen LogP contribution is -2.41. The van der Waals surface area contributed by atoms with Gasteiger partial charge in [-0.3, -0.25) is 4.79 Å². The number of rotatable bonds is 8. The van der Waals surface area contributed by atoms with Crippen LogP contribution < -0.4 is 10.1 Å². The molecule has 0 saturated carbocycles. The lowest BCUT2D eigenvalue weighted by atomic mass is 9.97. The molecular weight excluding hydrogens is 420 g/mol. The van der Waals surface area contributed by atoms with Gasteiger partial charge in [0.05, 0.1) is 12.9 Å². The number of sulfonamides is 1. The Labute approximate surface area is 182 Å². The van der Waals surface area contributed by atoms with Gasteiger partial charge in [-0.15, -0.1) is 0 Å². The van der Waals surface area contributed by atoms with Gasteiger partial charge < -0.3 is 14.8 Å². The first-order valence-corrected chi connectivity index (χ1v) is 11.6. The van der Waals surface area contributed by atoms with Gasteiger partial charge in [-0.1, -0.05) is 30.3 Å². The van der Waals surface area contributed by atoms with Crippen LogP contribution in [-0.2, 0) is 30.1 Å². The molecule has 0 spiro atoms. The summed E-state index contributed by atoms with van der Waals surface area (Å²) in [6.07, 6.45) is 0.945. The second-order valence-electron chi connectivity index (χ2n) is 7.29. The molecular formula is C22H26N2O6S. The predicted molar refractivity (Wildman–Crippen MR) is 116 cm³/mol. The quantitative estimate of drug-likeness (QED) is 0.625. The highest BCUT2D eigenvalue weighted by atomic mass is 32.2. The summed E-state index contributed by atoms with van der Waals surface area (Å²) in [7, 11) is -2.12. The van der Waals surface area contributed by atoms with Crippen LogP contribution in [0.2, 0.25) is 0 Å². The smallest absolute Gasteiger partial charge is 0.343 e. The molecule has 0 aromatic heterocycles. The molecule has 1 saturated heterocycles. The van der Waals surface area contributed by atoms with Crippen LogP contribution in [0.3, 0.4) is 0 Å². The summed E-state index contributed by atoms with van der Waals surface area (Å²) >= 11 is 0. The van der Waals surface area contributed by atoms with Crippen molar-refractivity contribution < 1.29 is 27.5 Å². The molecule has 31 heavy (non-hydrogen) atoms. The Bertz CT molecular complexity index is 984. The van der Waals surface area contributed by atoms with Crippen LogP contribution >= 0.6 is 0 Å². The van der Waals surface area contributed by atoms with E-state index in [0.29, 0.717) is 37.4 Å². The lowest BCUT2D eigenvalue weighted by Gasteiger charge is -2.30. The van der Waals surface area contributed by atoms with Gasteiger partial charge in [0.2, 0.25) is 15.9 Å². The van der Waals surface area contributed by atoms with Crippen molar-refractivity contribution in [2.24, 2.45) is 5.92 Å². The fraction of sp³-hybridized carbons (Fsp3) is 0.364. The van der Waals surface area contributed by atoms with Crippen LogP contribution in [0.15, 0.2) is 54.6 Å². The molecule has 0 bridgehead atoms. The second kappa shape index (κ2) is 10.4. The third kappa shape index (κ3) is 6.53. The van der Waals surface area contributed by atoms with Crippen LogP contribution in [0.1, 0.15) is 18.4 Å². The van der Waals surface area contributed by atoms with Crippen molar-refractivity contribution in [1.29, 1.82) is 0 Å². The summed E-state index contributed by atoms with van der Waals surface area (Å²) in [5.74, 6) is -0.411. The Morgan fingerprint density at radius 2 is 1.68 bits per heavy atom. The molecule has 1 N–H and O–H groups in total. The summed E-state index contributed by atoms with van der Waals surface area (Å²) in [5.41, 5.74) is 1.36. The van der Waals surface area contributed by atoms with Gasteiger partial charge in [0, 0.05) is 24.7 Å². The summed E-state index contributed by atoms with van der Waals surface area (Å²) in [6, 6.07) is 15.7. The molecule has 1 fully saturated rings. The zero-order chi connectivity index (χ0) is 22.3. The molecule has 3 rings (SSSR count). The summed E-state index contributed by atoms with van der Waals surface area (Å²) < 4.78 is 36.6. The molecule has 0 radical (unpaired) electrons. The molecule has 166 valence electrons. The van der Waals surface area contributed by atoms with Crippen molar-refractivity contribution in [3.8, 4) is 5.75 Å². The van der Waals surface area contributed by atoms with Gasteiger partial charge in [0.1, 0.15) is 5.75 Å². The van der Waals surface area contributed by atoms with E-state index in [4.69, 9.17) is 4.74 Å². The van der Waals surface area contributed by atoms with Crippen molar-refractivity contribution in [1.82, 2.24) is 4.31 Å². The number of ether oxygens (including phenoxy) is 2. The molecule has 0 unspecified atom stereocenters. The fourth-order valence-electron chi connectivity index (χ4n) is 3.35. The number of nitrogens with zero attached hydrogens (tertiary/aromatic N) is 1. The lowest BCUT2D eigenvalue weighted by molar-refractivity contribution is -0.142. The van der Waals surface area contributed by atoms with Gasteiger partial charge in [-0.2, -0.15) is 0 Å². The van der Waals surface area contributed by atoms with E-state index >= 15 is 0 Å². The van der Waals surface area contributed by atoms with Gasteiger partial charge in [-0.05, 0) is 42.7 Å². The number of piperidine rings is 1. The highest BCUT2D eigenvalue weighted by Crippen LogP contribution is 2.24. The van der Waals surface area contributed by atoms with E-state index in [1.165, 1.54) is 11.4 Å². The molecule has 1 heterocycles. The number of methoxy groups -OCH3 is 1. The SMILES string of the molecule is COC(=O)COc1ccc(NC(=O)C2CCN(S(=O)(=O)Cc3ccccc3)CC2)cc1. The van der Waals surface area contributed by atoms with Crippen molar-refractivity contribution in [2.75, 3.05) is 32.1 Å². The first-order chi connectivity index (χ1) is 14.9. The van der Waals surface area contributed by atoms with E-state index in [-0.39, 0.29) is 24.2 Å². The standard InChI is InChI=1S/C22H26N2O6S/c1-29-21(25)15-30-20-9-7-19(8-10-20)23-22(26)18-11-13-24(14-12-18)31(27,28)16-17-5-3-2-4-6-17/h2-10,18H,11-16H2,1H3,(H,23,26). The Kier molecular flexibility index (Phi) is 7.64. The number of esters is 1. The average molecular weight is 447 g/mol. The van der Waals surface area contributed by atoms with Gasteiger partial charge in [0.15, 0.2) is 6.61 Å². The minimum absolute atomic E-state index is 0.0326. The Balaban J connectivity index is 1.48. The van der Waals surface area contributed by atoms with E-state index in [0.717, 1.165) is 5.56 Å². The number of carbonyl (C=O) groups is 2. The van der Waals surface area contributed by atoms with Gasteiger partial charge in [-0.25, -0.2) is 17.5 Å². The van der Waals surface area contributed by atoms with Crippen molar-refractivity contribution in [3.63, 3.8) is 0 Å².